The highest BCUT2D eigenvalue weighted by Crippen LogP contribution is 2.28. The zero-order chi connectivity index (χ0) is 23.9. The largest absolute Gasteiger partial charge is 0.496 e. The number of carbonyl (C=O) groups is 1. The number of halogens is 1. The molecule has 1 heterocycles. The summed E-state index contributed by atoms with van der Waals surface area (Å²) in [6.07, 6.45) is 0. The highest BCUT2D eigenvalue weighted by Gasteiger charge is 2.19. The molecule has 34 heavy (non-hydrogen) atoms. The standard InChI is InChI=1S/C27H30ClN3O3/c1-33-24-7-4-8-25(34-2)26(24)27(32)29-18-21-5-3-6-23(17-21)31-15-13-30(14-16-31)19-20-9-11-22(28)12-10-20/h3-12,17H,13-16,18-19H2,1-2H3,(H,29,32). The minimum atomic E-state index is -0.226. The van der Waals surface area contributed by atoms with Crippen molar-refractivity contribution < 1.29 is 14.3 Å². The molecule has 0 bridgehead atoms. The zero-order valence-corrected chi connectivity index (χ0v) is 20.3. The lowest BCUT2D eigenvalue weighted by Gasteiger charge is -2.36. The van der Waals surface area contributed by atoms with Crippen LogP contribution in [0, 0.1) is 0 Å². The average Bonchev–Trinajstić information content (AvgIpc) is 2.88. The molecule has 0 radical (unpaired) electrons. The molecule has 6 nitrogen and oxygen atoms in total. The summed E-state index contributed by atoms with van der Waals surface area (Å²) in [5.41, 5.74) is 3.90. The Bertz CT molecular complexity index is 1090. The summed E-state index contributed by atoms with van der Waals surface area (Å²) >= 11 is 6.00. The van der Waals surface area contributed by atoms with Gasteiger partial charge in [0.1, 0.15) is 17.1 Å². The lowest BCUT2D eigenvalue weighted by atomic mass is 10.1. The van der Waals surface area contributed by atoms with E-state index in [2.05, 4.69) is 39.4 Å². The van der Waals surface area contributed by atoms with Gasteiger partial charge in [-0.05, 0) is 47.5 Å². The van der Waals surface area contributed by atoms with Gasteiger partial charge in [-0.2, -0.15) is 0 Å². The summed E-state index contributed by atoms with van der Waals surface area (Å²) in [5, 5.41) is 3.77. The third kappa shape index (κ3) is 5.82. The van der Waals surface area contributed by atoms with Crippen LogP contribution in [0.2, 0.25) is 5.02 Å². The Morgan fingerprint density at radius 1 is 0.882 bits per heavy atom. The second kappa shape index (κ2) is 11.3. The third-order valence-corrected chi connectivity index (χ3v) is 6.33. The van der Waals surface area contributed by atoms with Crippen LogP contribution >= 0.6 is 11.6 Å². The van der Waals surface area contributed by atoms with Gasteiger partial charge in [0.05, 0.1) is 14.2 Å². The quantitative estimate of drug-likeness (QED) is 0.511. The number of nitrogens with one attached hydrogen (secondary N) is 1. The summed E-state index contributed by atoms with van der Waals surface area (Å²) in [4.78, 5) is 17.7. The van der Waals surface area contributed by atoms with Crippen LogP contribution in [0.4, 0.5) is 5.69 Å². The Kier molecular flexibility index (Phi) is 7.93. The molecule has 0 aliphatic carbocycles. The maximum absolute atomic E-state index is 12.9. The molecule has 1 aliphatic rings. The number of methoxy groups -OCH3 is 2. The maximum atomic E-state index is 12.9. The van der Waals surface area contributed by atoms with Crippen molar-refractivity contribution in [3.8, 4) is 11.5 Å². The van der Waals surface area contributed by atoms with Gasteiger partial charge in [-0.25, -0.2) is 0 Å². The normalized spacial score (nSPS) is 14.0. The van der Waals surface area contributed by atoms with Gasteiger partial charge in [0, 0.05) is 50.0 Å². The first-order valence-electron chi connectivity index (χ1n) is 11.4. The third-order valence-electron chi connectivity index (χ3n) is 6.08. The van der Waals surface area contributed by atoms with E-state index in [9.17, 15) is 4.79 Å². The van der Waals surface area contributed by atoms with Gasteiger partial charge in [-0.1, -0.05) is 41.9 Å². The van der Waals surface area contributed by atoms with Crippen molar-refractivity contribution in [3.63, 3.8) is 0 Å². The second-order valence-corrected chi connectivity index (χ2v) is 8.72. The molecule has 0 atom stereocenters. The van der Waals surface area contributed by atoms with Crippen LogP contribution in [0.5, 0.6) is 11.5 Å². The summed E-state index contributed by atoms with van der Waals surface area (Å²) in [7, 11) is 3.09. The number of hydrogen-bond donors (Lipinski definition) is 1. The SMILES string of the molecule is COc1cccc(OC)c1C(=O)NCc1cccc(N2CCN(Cc3ccc(Cl)cc3)CC2)c1. The number of anilines is 1. The monoisotopic (exact) mass is 479 g/mol. The number of amides is 1. The topological polar surface area (TPSA) is 54.0 Å². The van der Waals surface area contributed by atoms with E-state index >= 15 is 0 Å². The molecule has 1 saturated heterocycles. The number of nitrogens with zero attached hydrogens (tertiary/aromatic N) is 2. The molecule has 0 spiro atoms. The van der Waals surface area contributed by atoms with Crippen LogP contribution in [0.1, 0.15) is 21.5 Å². The average molecular weight is 480 g/mol. The van der Waals surface area contributed by atoms with Crippen LogP contribution in [-0.4, -0.2) is 51.2 Å². The van der Waals surface area contributed by atoms with E-state index in [1.807, 2.05) is 24.3 Å². The lowest BCUT2D eigenvalue weighted by molar-refractivity contribution is 0.0944. The van der Waals surface area contributed by atoms with Gasteiger partial charge >= 0.3 is 0 Å². The van der Waals surface area contributed by atoms with E-state index in [4.69, 9.17) is 21.1 Å². The van der Waals surface area contributed by atoms with Crippen molar-refractivity contribution in [2.45, 2.75) is 13.1 Å². The van der Waals surface area contributed by atoms with Crippen LogP contribution in [0.15, 0.2) is 66.7 Å². The van der Waals surface area contributed by atoms with Gasteiger partial charge in [-0.15, -0.1) is 0 Å². The van der Waals surface area contributed by atoms with Crippen molar-refractivity contribution in [2.75, 3.05) is 45.3 Å². The van der Waals surface area contributed by atoms with E-state index in [0.29, 0.717) is 23.6 Å². The molecule has 1 N–H and O–H groups in total. The molecule has 3 aromatic rings. The maximum Gasteiger partial charge on any atom is 0.259 e. The van der Waals surface area contributed by atoms with Crippen molar-refractivity contribution in [2.24, 2.45) is 0 Å². The zero-order valence-electron chi connectivity index (χ0n) is 19.6. The Labute approximate surface area is 206 Å². The number of benzene rings is 3. The summed E-state index contributed by atoms with van der Waals surface area (Å²) in [6.45, 7) is 5.27. The second-order valence-electron chi connectivity index (χ2n) is 8.28. The smallest absolute Gasteiger partial charge is 0.259 e. The van der Waals surface area contributed by atoms with Crippen molar-refractivity contribution in [1.29, 1.82) is 0 Å². The van der Waals surface area contributed by atoms with Gasteiger partial charge in [0.15, 0.2) is 0 Å². The predicted octanol–water partition coefficient (Wildman–Crippen LogP) is 4.61. The van der Waals surface area contributed by atoms with Crippen molar-refractivity contribution >= 4 is 23.2 Å². The Balaban J connectivity index is 1.34. The number of piperazine rings is 1. The number of ether oxygens (including phenoxy) is 2. The Morgan fingerprint density at radius 3 is 2.18 bits per heavy atom. The van der Waals surface area contributed by atoms with E-state index in [1.54, 1.807) is 32.4 Å². The number of rotatable bonds is 8. The molecular weight excluding hydrogens is 450 g/mol. The van der Waals surface area contributed by atoms with Crippen LogP contribution < -0.4 is 19.7 Å². The summed E-state index contributed by atoms with van der Waals surface area (Å²) in [5.74, 6) is 0.750. The minimum Gasteiger partial charge on any atom is -0.496 e. The van der Waals surface area contributed by atoms with E-state index in [-0.39, 0.29) is 5.91 Å². The first-order chi connectivity index (χ1) is 16.6. The lowest BCUT2D eigenvalue weighted by Crippen LogP contribution is -2.46. The molecule has 7 heteroatoms. The van der Waals surface area contributed by atoms with Gasteiger partial charge in [0.25, 0.3) is 5.91 Å². The Morgan fingerprint density at radius 2 is 1.53 bits per heavy atom. The molecule has 1 fully saturated rings. The summed E-state index contributed by atoms with van der Waals surface area (Å²) in [6, 6.07) is 21.7. The fourth-order valence-corrected chi connectivity index (χ4v) is 4.35. The van der Waals surface area contributed by atoms with Gasteiger partial charge in [0.2, 0.25) is 0 Å². The van der Waals surface area contributed by atoms with Crippen LogP contribution in [0.3, 0.4) is 0 Å². The minimum absolute atomic E-state index is 0.226. The van der Waals surface area contributed by atoms with Gasteiger partial charge in [-0.3, -0.25) is 9.69 Å². The molecular formula is C27H30ClN3O3. The Hall–Kier alpha value is -3.22. The van der Waals surface area contributed by atoms with Crippen LogP contribution in [0.25, 0.3) is 0 Å². The molecule has 1 amide bonds. The van der Waals surface area contributed by atoms with Crippen molar-refractivity contribution in [1.82, 2.24) is 10.2 Å². The molecule has 0 saturated carbocycles. The highest BCUT2D eigenvalue weighted by atomic mass is 35.5. The molecule has 178 valence electrons. The summed E-state index contributed by atoms with van der Waals surface area (Å²) < 4.78 is 10.7. The number of carbonyl (C=O) groups excluding carboxylic acids is 1. The first-order valence-corrected chi connectivity index (χ1v) is 11.7. The van der Waals surface area contributed by atoms with E-state index in [0.717, 1.165) is 43.3 Å². The molecule has 3 aromatic carbocycles. The number of hydrogen-bond acceptors (Lipinski definition) is 5. The highest BCUT2D eigenvalue weighted by molar-refractivity contribution is 6.30. The van der Waals surface area contributed by atoms with E-state index < -0.39 is 0 Å². The molecule has 4 rings (SSSR count). The molecule has 1 aliphatic heterocycles. The van der Waals surface area contributed by atoms with E-state index in [1.165, 1.54) is 11.3 Å². The van der Waals surface area contributed by atoms with Crippen molar-refractivity contribution in [3.05, 3.63) is 88.4 Å². The molecule has 0 unspecified atom stereocenters. The fourth-order valence-electron chi connectivity index (χ4n) is 4.22. The van der Waals surface area contributed by atoms with Gasteiger partial charge < -0.3 is 19.7 Å². The fraction of sp³-hybridized carbons (Fsp3) is 0.296. The van der Waals surface area contributed by atoms with Crippen LogP contribution in [-0.2, 0) is 13.1 Å². The molecule has 0 aromatic heterocycles. The predicted molar refractivity (Wildman–Crippen MR) is 136 cm³/mol. The first kappa shape index (κ1) is 23.9.